The van der Waals surface area contributed by atoms with E-state index in [1.54, 1.807) is 11.8 Å². The minimum atomic E-state index is -0.175. The van der Waals surface area contributed by atoms with Crippen molar-refractivity contribution in [2.24, 2.45) is 11.8 Å². The SMILES string of the molecule is C=C1CC(C)C(=O)C(CCC(=O)OCCCCSC)C1. The number of carbonyl (C=O) groups is 2. The van der Waals surface area contributed by atoms with Crippen molar-refractivity contribution < 1.29 is 14.3 Å². The van der Waals surface area contributed by atoms with Crippen LogP contribution in [0.2, 0.25) is 0 Å². The first-order valence-corrected chi connectivity index (χ1v) is 8.79. The Morgan fingerprint density at radius 2 is 2.15 bits per heavy atom. The molecule has 114 valence electrons. The minimum Gasteiger partial charge on any atom is -0.466 e. The molecule has 1 fully saturated rings. The summed E-state index contributed by atoms with van der Waals surface area (Å²) in [6.07, 6.45) is 6.56. The van der Waals surface area contributed by atoms with E-state index in [9.17, 15) is 9.59 Å². The van der Waals surface area contributed by atoms with Crippen molar-refractivity contribution in [3.05, 3.63) is 12.2 Å². The van der Waals surface area contributed by atoms with Crippen LogP contribution in [0.5, 0.6) is 0 Å². The molecule has 0 saturated heterocycles. The Hall–Kier alpha value is -0.770. The van der Waals surface area contributed by atoms with Gasteiger partial charge in [0, 0.05) is 18.3 Å². The van der Waals surface area contributed by atoms with Crippen LogP contribution in [0.1, 0.15) is 45.4 Å². The van der Waals surface area contributed by atoms with E-state index in [4.69, 9.17) is 4.74 Å². The normalized spacial score (nSPS) is 22.9. The van der Waals surface area contributed by atoms with E-state index < -0.39 is 0 Å². The first-order valence-electron chi connectivity index (χ1n) is 7.39. The van der Waals surface area contributed by atoms with Crippen LogP contribution >= 0.6 is 11.8 Å². The number of hydrogen-bond acceptors (Lipinski definition) is 4. The predicted molar refractivity (Wildman–Crippen MR) is 83.8 cm³/mol. The van der Waals surface area contributed by atoms with E-state index in [0.29, 0.717) is 19.4 Å². The van der Waals surface area contributed by atoms with Gasteiger partial charge in [0.05, 0.1) is 6.61 Å². The standard InChI is InChI=1S/C16H26O3S/c1-12-10-13(2)16(18)14(11-12)6-7-15(17)19-8-4-5-9-20-3/h13-14H,1,4-11H2,2-3H3. The molecule has 2 atom stereocenters. The second-order valence-electron chi connectivity index (χ2n) is 5.62. The average Bonchev–Trinajstić information content (AvgIpc) is 2.41. The summed E-state index contributed by atoms with van der Waals surface area (Å²) in [6.45, 7) is 6.43. The molecule has 0 heterocycles. The Balaban J connectivity index is 2.19. The van der Waals surface area contributed by atoms with Gasteiger partial charge >= 0.3 is 5.97 Å². The fourth-order valence-corrected chi connectivity index (χ4v) is 3.10. The van der Waals surface area contributed by atoms with Crippen molar-refractivity contribution in [2.75, 3.05) is 18.6 Å². The number of unbranched alkanes of at least 4 members (excludes halogenated alkanes) is 1. The molecule has 1 saturated carbocycles. The second kappa shape index (κ2) is 9.22. The summed E-state index contributed by atoms with van der Waals surface area (Å²) in [7, 11) is 0. The molecule has 0 radical (unpaired) electrons. The smallest absolute Gasteiger partial charge is 0.305 e. The molecule has 20 heavy (non-hydrogen) atoms. The molecular formula is C16H26O3S. The number of esters is 1. The third-order valence-electron chi connectivity index (χ3n) is 3.72. The number of hydrogen-bond donors (Lipinski definition) is 0. The van der Waals surface area contributed by atoms with E-state index in [-0.39, 0.29) is 23.6 Å². The van der Waals surface area contributed by atoms with Crippen molar-refractivity contribution in [2.45, 2.75) is 45.4 Å². The highest BCUT2D eigenvalue weighted by atomic mass is 32.2. The molecule has 0 aromatic heterocycles. The molecule has 4 heteroatoms. The van der Waals surface area contributed by atoms with Gasteiger partial charge in [-0.3, -0.25) is 9.59 Å². The van der Waals surface area contributed by atoms with Crippen molar-refractivity contribution in [1.82, 2.24) is 0 Å². The Kier molecular flexibility index (Phi) is 7.97. The summed E-state index contributed by atoms with van der Waals surface area (Å²) in [5, 5.41) is 0. The number of thioether (sulfide) groups is 1. The number of Topliss-reactive ketones (excluding diaryl/α,β-unsaturated/α-hetero) is 1. The van der Waals surface area contributed by atoms with Crippen LogP contribution in [-0.4, -0.2) is 30.4 Å². The first-order chi connectivity index (χ1) is 9.54. The van der Waals surface area contributed by atoms with E-state index in [2.05, 4.69) is 12.8 Å². The van der Waals surface area contributed by atoms with E-state index >= 15 is 0 Å². The molecule has 0 aliphatic heterocycles. The Labute approximate surface area is 126 Å². The van der Waals surface area contributed by atoms with Gasteiger partial charge < -0.3 is 4.74 Å². The molecular weight excluding hydrogens is 272 g/mol. The van der Waals surface area contributed by atoms with Gasteiger partial charge in [-0.1, -0.05) is 19.1 Å². The van der Waals surface area contributed by atoms with Crippen LogP contribution in [-0.2, 0) is 14.3 Å². The van der Waals surface area contributed by atoms with Crippen molar-refractivity contribution in [1.29, 1.82) is 0 Å². The van der Waals surface area contributed by atoms with Crippen molar-refractivity contribution >= 4 is 23.5 Å². The molecule has 0 aromatic carbocycles. The highest BCUT2D eigenvalue weighted by molar-refractivity contribution is 7.98. The monoisotopic (exact) mass is 298 g/mol. The zero-order valence-corrected chi connectivity index (χ0v) is 13.5. The lowest BCUT2D eigenvalue weighted by atomic mass is 9.77. The number of ether oxygens (including phenoxy) is 1. The van der Waals surface area contributed by atoms with Gasteiger partial charge in [-0.05, 0) is 44.1 Å². The maximum absolute atomic E-state index is 12.0. The van der Waals surface area contributed by atoms with Gasteiger partial charge in [-0.15, -0.1) is 0 Å². The van der Waals surface area contributed by atoms with Gasteiger partial charge in [0.2, 0.25) is 0 Å². The Morgan fingerprint density at radius 1 is 1.40 bits per heavy atom. The van der Waals surface area contributed by atoms with Gasteiger partial charge in [-0.2, -0.15) is 11.8 Å². The third-order valence-corrected chi connectivity index (χ3v) is 4.42. The number of rotatable bonds is 8. The van der Waals surface area contributed by atoms with E-state index in [0.717, 1.165) is 37.0 Å². The number of allylic oxidation sites excluding steroid dienone is 1. The molecule has 1 aliphatic rings. The lowest BCUT2D eigenvalue weighted by Crippen LogP contribution is -2.28. The first kappa shape index (κ1) is 17.3. The third kappa shape index (κ3) is 6.12. The highest BCUT2D eigenvalue weighted by Gasteiger charge is 2.30. The molecule has 2 unspecified atom stereocenters. The summed E-state index contributed by atoms with van der Waals surface area (Å²) < 4.78 is 5.19. The largest absolute Gasteiger partial charge is 0.466 e. The molecule has 1 rings (SSSR count). The number of ketones is 1. The fraction of sp³-hybridized carbons (Fsp3) is 0.750. The topological polar surface area (TPSA) is 43.4 Å². The maximum Gasteiger partial charge on any atom is 0.305 e. The molecule has 3 nitrogen and oxygen atoms in total. The molecule has 0 amide bonds. The molecule has 0 spiro atoms. The van der Waals surface area contributed by atoms with E-state index in [1.807, 2.05) is 6.92 Å². The van der Waals surface area contributed by atoms with Gasteiger partial charge in [0.25, 0.3) is 0 Å². The van der Waals surface area contributed by atoms with Crippen LogP contribution < -0.4 is 0 Å². The summed E-state index contributed by atoms with van der Waals surface area (Å²) >= 11 is 1.80. The van der Waals surface area contributed by atoms with Crippen LogP contribution in [0, 0.1) is 11.8 Å². The minimum absolute atomic E-state index is 0.0321. The zero-order valence-electron chi connectivity index (χ0n) is 12.7. The summed E-state index contributed by atoms with van der Waals surface area (Å²) in [5.74, 6) is 1.24. The summed E-state index contributed by atoms with van der Waals surface area (Å²) in [6, 6.07) is 0. The van der Waals surface area contributed by atoms with Crippen LogP contribution in [0.4, 0.5) is 0 Å². The molecule has 0 N–H and O–H groups in total. The van der Waals surface area contributed by atoms with Crippen LogP contribution in [0.15, 0.2) is 12.2 Å². The molecule has 0 aromatic rings. The van der Waals surface area contributed by atoms with Crippen molar-refractivity contribution in [3.8, 4) is 0 Å². The zero-order chi connectivity index (χ0) is 15.0. The maximum atomic E-state index is 12.0. The Bertz CT molecular complexity index is 352. The lowest BCUT2D eigenvalue weighted by molar-refractivity contribution is -0.144. The van der Waals surface area contributed by atoms with Crippen LogP contribution in [0.3, 0.4) is 0 Å². The van der Waals surface area contributed by atoms with Gasteiger partial charge in [0.1, 0.15) is 5.78 Å². The molecule has 1 aliphatic carbocycles. The highest BCUT2D eigenvalue weighted by Crippen LogP contribution is 2.31. The Morgan fingerprint density at radius 3 is 2.85 bits per heavy atom. The van der Waals surface area contributed by atoms with Gasteiger partial charge in [0.15, 0.2) is 0 Å². The summed E-state index contributed by atoms with van der Waals surface area (Å²) in [4.78, 5) is 23.6. The predicted octanol–water partition coefficient (Wildman–Crippen LogP) is 3.62. The average molecular weight is 298 g/mol. The molecule has 0 bridgehead atoms. The number of carbonyl (C=O) groups excluding carboxylic acids is 2. The summed E-state index contributed by atoms with van der Waals surface area (Å²) in [5.41, 5.74) is 1.13. The van der Waals surface area contributed by atoms with Crippen LogP contribution in [0.25, 0.3) is 0 Å². The van der Waals surface area contributed by atoms with E-state index in [1.165, 1.54) is 0 Å². The van der Waals surface area contributed by atoms with Crippen molar-refractivity contribution in [3.63, 3.8) is 0 Å². The fourth-order valence-electron chi connectivity index (χ4n) is 2.61. The quantitative estimate of drug-likeness (QED) is 0.390. The second-order valence-corrected chi connectivity index (χ2v) is 6.60. The van der Waals surface area contributed by atoms with Gasteiger partial charge in [-0.25, -0.2) is 0 Å². The lowest BCUT2D eigenvalue weighted by Gasteiger charge is -2.26.